The summed E-state index contributed by atoms with van der Waals surface area (Å²) < 4.78 is 10.6. The second-order valence-electron chi connectivity index (χ2n) is 5.63. The lowest BCUT2D eigenvalue weighted by molar-refractivity contribution is -0.140. The average Bonchev–Trinajstić information content (AvgIpc) is 3.19. The maximum atomic E-state index is 12.2. The molecule has 0 saturated carbocycles. The molecule has 2 aromatic rings. The van der Waals surface area contributed by atoms with Gasteiger partial charge in [-0.3, -0.25) is 4.79 Å². The second-order valence-corrected chi connectivity index (χ2v) is 6.66. The molecule has 1 aliphatic rings. The third-order valence-corrected chi connectivity index (χ3v) is 4.61. The molecule has 1 aromatic heterocycles. The number of hydrogen-bond acceptors (Lipinski definition) is 6. The monoisotopic (exact) mass is 348 g/mol. The van der Waals surface area contributed by atoms with Crippen LogP contribution in [0.5, 0.6) is 11.5 Å². The van der Waals surface area contributed by atoms with Crippen molar-refractivity contribution >= 4 is 23.2 Å². The summed E-state index contributed by atoms with van der Waals surface area (Å²) in [5.41, 5.74) is 0.807. The highest BCUT2D eigenvalue weighted by atomic mass is 32.1. The van der Waals surface area contributed by atoms with E-state index < -0.39 is 17.9 Å². The molecule has 0 bridgehead atoms. The topological polar surface area (TPSA) is 97.8 Å². The zero-order valence-electron chi connectivity index (χ0n) is 13.1. The third kappa shape index (κ3) is 3.18. The van der Waals surface area contributed by atoms with Crippen molar-refractivity contribution in [3.8, 4) is 22.1 Å². The van der Waals surface area contributed by atoms with Gasteiger partial charge in [0.1, 0.15) is 15.9 Å². The minimum Gasteiger partial charge on any atom is -0.480 e. The van der Waals surface area contributed by atoms with Crippen LogP contribution in [0.1, 0.15) is 23.5 Å². The Hall–Kier alpha value is -2.61. The van der Waals surface area contributed by atoms with Crippen LogP contribution in [0.2, 0.25) is 0 Å². The average molecular weight is 348 g/mol. The molecule has 2 heterocycles. The minimum absolute atomic E-state index is 0.191. The van der Waals surface area contributed by atoms with E-state index >= 15 is 0 Å². The van der Waals surface area contributed by atoms with Crippen LogP contribution in [-0.2, 0) is 4.79 Å². The van der Waals surface area contributed by atoms with Gasteiger partial charge in [0.25, 0.3) is 5.91 Å². The Labute approximate surface area is 142 Å². The van der Waals surface area contributed by atoms with Crippen LogP contribution >= 0.6 is 11.3 Å². The van der Waals surface area contributed by atoms with Crippen LogP contribution in [0.4, 0.5) is 0 Å². The highest BCUT2D eigenvalue weighted by Crippen LogP contribution is 2.36. The van der Waals surface area contributed by atoms with Gasteiger partial charge in [-0.2, -0.15) is 0 Å². The van der Waals surface area contributed by atoms with E-state index in [0.717, 1.165) is 5.56 Å². The van der Waals surface area contributed by atoms with Gasteiger partial charge < -0.3 is 19.9 Å². The molecule has 0 spiro atoms. The standard InChI is InChI=1S/C16H16N2O5S/c1-8(2)13(16(20)21)18-14(19)12-6-17-15(24-12)9-3-4-10-11(5-9)23-7-22-10/h3-6,8,13H,7H2,1-2H3,(H,18,19)(H,20,21). The number of aromatic nitrogens is 1. The minimum atomic E-state index is -1.06. The van der Waals surface area contributed by atoms with E-state index in [9.17, 15) is 9.59 Å². The second kappa shape index (κ2) is 6.48. The number of amides is 1. The van der Waals surface area contributed by atoms with Crippen molar-refractivity contribution in [2.45, 2.75) is 19.9 Å². The SMILES string of the molecule is CC(C)C(NC(=O)c1cnc(-c2ccc3c(c2)OCO3)s1)C(=O)O. The van der Waals surface area contributed by atoms with E-state index in [1.54, 1.807) is 26.0 Å². The molecule has 1 unspecified atom stereocenters. The smallest absolute Gasteiger partial charge is 0.326 e. The summed E-state index contributed by atoms with van der Waals surface area (Å²) in [6.07, 6.45) is 1.44. The van der Waals surface area contributed by atoms with E-state index in [0.29, 0.717) is 21.4 Å². The van der Waals surface area contributed by atoms with Crippen LogP contribution in [0.25, 0.3) is 10.6 Å². The summed E-state index contributed by atoms with van der Waals surface area (Å²) in [4.78, 5) is 28.0. The van der Waals surface area contributed by atoms with E-state index in [1.165, 1.54) is 17.5 Å². The van der Waals surface area contributed by atoms with E-state index in [1.807, 2.05) is 6.07 Å². The largest absolute Gasteiger partial charge is 0.480 e. The van der Waals surface area contributed by atoms with Crippen molar-refractivity contribution in [1.29, 1.82) is 0 Å². The molecule has 8 heteroatoms. The number of carboxylic acids is 1. The first kappa shape index (κ1) is 16.3. The van der Waals surface area contributed by atoms with E-state index in [4.69, 9.17) is 14.6 Å². The summed E-state index contributed by atoms with van der Waals surface area (Å²) in [6.45, 7) is 3.67. The number of carboxylic acid groups (broad SMARTS) is 1. The van der Waals surface area contributed by atoms with Crippen LogP contribution < -0.4 is 14.8 Å². The van der Waals surface area contributed by atoms with Gasteiger partial charge in [-0.1, -0.05) is 13.8 Å². The van der Waals surface area contributed by atoms with Crippen molar-refractivity contribution in [2.24, 2.45) is 5.92 Å². The first-order chi connectivity index (χ1) is 11.5. The van der Waals surface area contributed by atoms with Crippen molar-refractivity contribution in [3.63, 3.8) is 0 Å². The number of fused-ring (bicyclic) bond motifs is 1. The Morgan fingerprint density at radius 1 is 1.29 bits per heavy atom. The zero-order valence-corrected chi connectivity index (χ0v) is 13.9. The lowest BCUT2D eigenvalue weighted by Gasteiger charge is -2.17. The molecule has 1 aromatic carbocycles. The molecule has 1 amide bonds. The fraction of sp³-hybridized carbons (Fsp3) is 0.312. The number of ether oxygens (including phenoxy) is 2. The number of carbonyl (C=O) groups excluding carboxylic acids is 1. The van der Waals surface area contributed by atoms with E-state index in [2.05, 4.69) is 10.3 Å². The molecule has 1 aliphatic heterocycles. The highest BCUT2D eigenvalue weighted by Gasteiger charge is 2.25. The molecule has 1 atom stereocenters. The predicted molar refractivity (Wildman–Crippen MR) is 87.4 cm³/mol. The molecule has 24 heavy (non-hydrogen) atoms. The van der Waals surface area contributed by atoms with Gasteiger partial charge in [0, 0.05) is 5.56 Å². The van der Waals surface area contributed by atoms with Crippen LogP contribution in [0.15, 0.2) is 24.4 Å². The Bertz CT molecular complexity index is 787. The summed E-state index contributed by atoms with van der Waals surface area (Å²) in [5.74, 6) is -0.402. The lowest BCUT2D eigenvalue weighted by atomic mass is 10.0. The molecular formula is C16H16N2O5S. The molecule has 0 aliphatic carbocycles. The number of hydrogen-bond donors (Lipinski definition) is 2. The Balaban J connectivity index is 1.78. The molecule has 2 N–H and O–H groups in total. The Morgan fingerprint density at radius 2 is 2.04 bits per heavy atom. The van der Waals surface area contributed by atoms with Gasteiger partial charge in [-0.15, -0.1) is 11.3 Å². The molecule has 0 saturated heterocycles. The zero-order chi connectivity index (χ0) is 17.3. The van der Waals surface area contributed by atoms with Gasteiger partial charge in [0.2, 0.25) is 6.79 Å². The Morgan fingerprint density at radius 3 is 2.75 bits per heavy atom. The van der Waals surface area contributed by atoms with Gasteiger partial charge in [0.15, 0.2) is 11.5 Å². The fourth-order valence-electron chi connectivity index (χ4n) is 2.27. The van der Waals surface area contributed by atoms with Crippen LogP contribution in [-0.4, -0.2) is 34.8 Å². The van der Waals surface area contributed by atoms with Gasteiger partial charge in [-0.05, 0) is 24.1 Å². The number of thiazole rings is 1. The lowest BCUT2D eigenvalue weighted by Crippen LogP contribution is -2.44. The molecule has 0 fully saturated rings. The van der Waals surface area contributed by atoms with Gasteiger partial charge >= 0.3 is 5.97 Å². The number of rotatable bonds is 5. The molecule has 0 radical (unpaired) electrons. The van der Waals surface area contributed by atoms with Crippen molar-refractivity contribution in [1.82, 2.24) is 10.3 Å². The number of benzene rings is 1. The van der Waals surface area contributed by atoms with Gasteiger partial charge in [0.05, 0.1) is 6.20 Å². The number of nitrogens with one attached hydrogen (secondary N) is 1. The van der Waals surface area contributed by atoms with Crippen LogP contribution in [0, 0.1) is 5.92 Å². The summed E-state index contributed by atoms with van der Waals surface area (Å²) in [5, 5.41) is 12.3. The third-order valence-electron chi connectivity index (χ3n) is 3.57. The predicted octanol–water partition coefficient (Wildman–Crippen LogP) is 2.38. The van der Waals surface area contributed by atoms with Crippen molar-refractivity contribution < 1.29 is 24.2 Å². The maximum Gasteiger partial charge on any atom is 0.326 e. The van der Waals surface area contributed by atoms with E-state index in [-0.39, 0.29) is 12.7 Å². The molecule has 7 nitrogen and oxygen atoms in total. The van der Waals surface area contributed by atoms with Gasteiger partial charge in [-0.25, -0.2) is 9.78 Å². The van der Waals surface area contributed by atoms with Crippen LogP contribution in [0.3, 0.4) is 0 Å². The normalized spacial score (nSPS) is 13.8. The fourth-order valence-corrected chi connectivity index (χ4v) is 3.08. The molecular weight excluding hydrogens is 332 g/mol. The molecule has 3 rings (SSSR count). The van der Waals surface area contributed by atoms with Crippen molar-refractivity contribution in [2.75, 3.05) is 6.79 Å². The molecule has 126 valence electrons. The van der Waals surface area contributed by atoms with Crippen molar-refractivity contribution in [3.05, 3.63) is 29.3 Å². The Kier molecular flexibility index (Phi) is 4.39. The highest BCUT2D eigenvalue weighted by molar-refractivity contribution is 7.16. The first-order valence-electron chi connectivity index (χ1n) is 7.35. The maximum absolute atomic E-state index is 12.2. The summed E-state index contributed by atoms with van der Waals surface area (Å²) >= 11 is 1.19. The summed E-state index contributed by atoms with van der Waals surface area (Å²) in [7, 11) is 0. The number of aliphatic carboxylic acids is 1. The number of carbonyl (C=O) groups is 2. The summed E-state index contributed by atoms with van der Waals surface area (Å²) in [6, 6.07) is 4.49. The number of nitrogens with zero attached hydrogens (tertiary/aromatic N) is 1. The first-order valence-corrected chi connectivity index (χ1v) is 8.17. The quantitative estimate of drug-likeness (QED) is 0.861.